The molecule has 3 aromatic rings. The van der Waals surface area contributed by atoms with E-state index in [2.05, 4.69) is 6.08 Å². The Morgan fingerprint density at radius 2 is 1.81 bits per heavy atom. The highest BCUT2D eigenvalue weighted by Gasteiger charge is 2.25. The van der Waals surface area contributed by atoms with Gasteiger partial charge in [-0.3, -0.25) is 4.79 Å². The average Bonchev–Trinajstić information content (AvgIpc) is 2.67. The number of fused-ring (bicyclic) bond motifs is 2. The van der Waals surface area contributed by atoms with Crippen LogP contribution in [-0.2, 0) is 6.42 Å². The van der Waals surface area contributed by atoms with Crippen LogP contribution in [0.4, 0.5) is 4.39 Å². The molecule has 0 saturated carbocycles. The van der Waals surface area contributed by atoms with Crippen LogP contribution in [0.25, 0.3) is 22.6 Å². The summed E-state index contributed by atoms with van der Waals surface area (Å²) in [7, 11) is 3.56. The minimum absolute atomic E-state index is 0.00730. The fourth-order valence-corrected chi connectivity index (χ4v) is 3.70. The first-order chi connectivity index (χ1) is 13.0. The van der Waals surface area contributed by atoms with Crippen molar-refractivity contribution in [2.75, 3.05) is 14.1 Å². The number of para-hydroxylation sites is 1. The number of halogens is 1. The Balaban J connectivity index is 1.95. The average molecular weight is 360 g/mol. The summed E-state index contributed by atoms with van der Waals surface area (Å²) in [4.78, 5) is 19.5. The normalized spacial score (nSPS) is 15.0. The first kappa shape index (κ1) is 17.4. The smallest absolute Gasteiger partial charge is 0.254 e. The number of carbonyl (C=O) groups is 1. The molecule has 1 amide bonds. The number of carbonyl (C=O) groups excluding carboxylic acids is 1. The van der Waals surface area contributed by atoms with Crippen molar-refractivity contribution in [3.8, 4) is 0 Å². The lowest BCUT2D eigenvalue weighted by atomic mass is 9.85. The number of pyridine rings is 1. The fourth-order valence-electron chi connectivity index (χ4n) is 3.70. The van der Waals surface area contributed by atoms with Crippen LogP contribution in [0.2, 0.25) is 0 Å². The highest BCUT2D eigenvalue weighted by Crippen LogP contribution is 2.36. The Bertz CT molecular complexity index is 1050. The van der Waals surface area contributed by atoms with Gasteiger partial charge >= 0.3 is 0 Å². The molecule has 0 saturated heterocycles. The van der Waals surface area contributed by atoms with Gasteiger partial charge in [-0.05, 0) is 60.2 Å². The van der Waals surface area contributed by atoms with Crippen LogP contribution in [-0.4, -0.2) is 29.9 Å². The molecule has 27 heavy (non-hydrogen) atoms. The molecule has 0 bridgehead atoms. The van der Waals surface area contributed by atoms with Crippen molar-refractivity contribution in [1.29, 1.82) is 0 Å². The molecule has 0 atom stereocenters. The number of hydrogen-bond acceptors (Lipinski definition) is 2. The van der Waals surface area contributed by atoms with Gasteiger partial charge in [-0.1, -0.05) is 30.3 Å². The van der Waals surface area contributed by atoms with Gasteiger partial charge in [-0.2, -0.15) is 0 Å². The van der Waals surface area contributed by atoms with Gasteiger partial charge in [-0.25, -0.2) is 9.37 Å². The van der Waals surface area contributed by atoms with Gasteiger partial charge in [0, 0.05) is 19.5 Å². The molecular weight excluding hydrogens is 339 g/mol. The summed E-state index contributed by atoms with van der Waals surface area (Å²) in [6.07, 6.45) is 4.75. The van der Waals surface area contributed by atoms with Crippen LogP contribution >= 0.6 is 0 Å². The maximum Gasteiger partial charge on any atom is 0.254 e. The van der Waals surface area contributed by atoms with E-state index in [1.807, 2.05) is 24.3 Å². The molecule has 0 fully saturated rings. The van der Waals surface area contributed by atoms with Crippen LogP contribution in [0.5, 0.6) is 0 Å². The lowest BCUT2D eigenvalue weighted by Gasteiger charge is -2.24. The van der Waals surface area contributed by atoms with Crippen molar-refractivity contribution >= 4 is 28.5 Å². The van der Waals surface area contributed by atoms with Crippen molar-refractivity contribution in [2.45, 2.75) is 19.3 Å². The van der Waals surface area contributed by atoms with Gasteiger partial charge in [0.25, 0.3) is 5.91 Å². The lowest BCUT2D eigenvalue weighted by Crippen LogP contribution is -2.25. The summed E-state index contributed by atoms with van der Waals surface area (Å²) in [6.45, 7) is 0. The van der Waals surface area contributed by atoms with E-state index in [-0.39, 0.29) is 11.7 Å². The van der Waals surface area contributed by atoms with E-state index in [4.69, 9.17) is 4.98 Å². The third-order valence-electron chi connectivity index (χ3n) is 5.00. The Morgan fingerprint density at radius 3 is 2.56 bits per heavy atom. The van der Waals surface area contributed by atoms with E-state index in [9.17, 15) is 9.18 Å². The monoisotopic (exact) mass is 360 g/mol. The Kier molecular flexibility index (Phi) is 4.48. The molecule has 1 aliphatic carbocycles. The molecular formula is C23H21FN2O. The number of aromatic nitrogens is 1. The number of amides is 1. The molecule has 1 aliphatic rings. The van der Waals surface area contributed by atoms with Crippen LogP contribution < -0.4 is 0 Å². The van der Waals surface area contributed by atoms with Crippen molar-refractivity contribution in [2.24, 2.45) is 0 Å². The highest BCUT2D eigenvalue weighted by atomic mass is 19.1. The van der Waals surface area contributed by atoms with Gasteiger partial charge in [0.1, 0.15) is 5.82 Å². The van der Waals surface area contributed by atoms with Crippen molar-refractivity contribution in [1.82, 2.24) is 9.88 Å². The molecule has 0 aliphatic heterocycles. The minimum atomic E-state index is -0.246. The van der Waals surface area contributed by atoms with E-state index in [0.717, 1.165) is 58.1 Å². The summed E-state index contributed by atoms with van der Waals surface area (Å²) in [5.41, 5.74) is 5.54. The van der Waals surface area contributed by atoms with Crippen LogP contribution in [0, 0.1) is 5.82 Å². The standard InChI is InChI=1S/C23H21FN2O/c1-26(2)23(27)21-18-7-3-4-9-20(18)25-22-16(6-5-8-19(21)22)14-15-10-12-17(24)13-11-15/h3-4,7,9-14H,5-6,8H2,1-2H3/b16-14-. The van der Waals surface area contributed by atoms with E-state index in [1.54, 1.807) is 31.1 Å². The number of nitrogens with zero attached hydrogens (tertiary/aromatic N) is 2. The van der Waals surface area contributed by atoms with E-state index in [1.165, 1.54) is 12.1 Å². The highest BCUT2D eigenvalue weighted by molar-refractivity contribution is 6.08. The summed E-state index contributed by atoms with van der Waals surface area (Å²) >= 11 is 0. The molecule has 0 radical (unpaired) electrons. The van der Waals surface area contributed by atoms with E-state index in [0.29, 0.717) is 0 Å². The molecule has 1 heterocycles. The Labute approximate surface area is 158 Å². The molecule has 0 N–H and O–H groups in total. The van der Waals surface area contributed by atoms with Gasteiger partial charge in [0.15, 0.2) is 0 Å². The number of rotatable bonds is 2. The number of benzene rings is 2. The van der Waals surface area contributed by atoms with Crippen LogP contribution in [0.3, 0.4) is 0 Å². The predicted molar refractivity (Wildman–Crippen MR) is 107 cm³/mol. The number of allylic oxidation sites excluding steroid dienone is 1. The second-order valence-corrected chi connectivity index (χ2v) is 7.11. The Hall–Kier alpha value is -3.01. The summed E-state index contributed by atoms with van der Waals surface area (Å²) in [6, 6.07) is 14.3. The first-order valence-corrected chi connectivity index (χ1v) is 9.14. The van der Waals surface area contributed by atoms with E-state index >= 15 is 0 Å². The predicted octanol–water partition coefficient (Wildman–Crippen LogP) is 4.95. The maximum absolute atomic E-state index is 13.2. The van der Waals surface area contributed by atoms with Crippen LogP contribution in [0.1, 0.15) is 40.0 Å². The second kappa shape index (κ2) is 6.95. The lowest BCUT2D eigenvalue weighted by molar-refractivity contribution is 0.0828. The summed E-state index contributed by atoms with van der Waals surface area (Å²) in [5, 5.41) is 0.901. The van der Waals surface area contributed by atoms with Crippen LogP contribution in [0.15, 0.2) is 48.5 Å². The molecule has 0 spiro atoms. The third-order valence-corrected chi connectivity index (χ3v) is 5.00. The Morgan fingerprint density at radius 1 is 1.07 bits per heavy atom. The van der Waals surface area contributed by atoms with E-state index < -0.39 is 0 Å². The van der Waals surface area contributed by atoms with Gasteiger partial charge in [0.2, 0.25) is 0 Å². The zero-order valence-electron chi connectivity index (χ0n) is 15.5. The van der Waals surface area contributed by atoms with Crippen molar-refractivity contribution < 1.29 is 9.18 Å². The molecule has 1 aromatic heterocycles. The van der Waals surface area contributed by atoms with Gasteiger partial charge < -0.3 is 4.90 Å². The zero-order valence-corrected chi connectivity index (χ0v) is 15.5. The summed E-state index contributed by atoms with van der Waals surface area (Å²) in [5.74, 6) is -0.239. The van der Waals surface area contributed by atoms with Crippen molar-refractivity contribution in [3.63, 3.8) is 0 Å². The molecule has 0 unspecified atom stereocenters. The van der Waals surface area contributed by atoms with Gasteiger partial charge in [-0.15, -0.1) is 0 Å². The maximum atomic E-state index is 13.2. The molecule has 4 rings (SSSR count). The second-order valence-electron chi connectivity index (χ2n) is 7.11. The number of hydrogen-bond donors (Lipinski definition) is 0. The minimum Gasteiger partial charge on any atom is -0.345 e. The SMILES string of the molecule is CN(C)C(=O)c1c2c(nc3ccccc13)/C(=C\c1ccc(F)cc1)CCC2. The largest absolute Gasteiger partial charge is 0.345 e. The summed E-state index contributed by atoms with van der Waals surface area (Å²) < 4.78 is 13.2. The quantitative estimate of drug-likeness (QED) is 0.648. The topological polar surface area (TPSA) is 33.2 Å². The molecule has 2 aromatic carbocycles. The first-order valence-electron chi connectivity index (χ1n) is 9.14. The molecule has 4 heteroatoms. The third kappa shape index (κ3) is 3.23. The zero-order chi connectivity index (χ0) is 19.0. The van der Waals surface area contributed by atoms with Crippen molar-refractivity contribution in [3.05, 3.63) is 76.7 Å². The fraction of sp³-hybridized carbons (Fsp3) is 0.217. The molecule has 3 nitrogen and oxygen atoms in total. The molecule has 136 valence electrons. The van der Waals surface area contributed by atoms with Gasteiger partial charge in [0.05, 0.1) is 16.8 Å².